The van der Waals surface area contributed by atoms with Crippen molar-refractivity contribution in [2.75, 3.05) is 27.3 Å². The van der Waals surface area contributed by atoms with Crippen molar-refractivity contribution in [1.82, 2.24) is 15.5 Å². The minimum absolute atomic E-state index is 0.0516. The molecule has 0 heterocycles. The normalized spacial score (nSPS) is 25.5. The predicted octanol–water partition coefficient (Wildman–Crippen LogP) is 1.72. The van der Waals surface area contributed by atoms with Crippen LogP contribution in [0, 0.1) is 5.92 Å². The van der Waals surface area contributed by atoms with E-state index >= 15 is 0 Å². The second-order valence-electron chi connectivity index (χ2n) is 5.73. The summed E-state index contributed by atoms with van der Waals surface area (Å²) in [7, 11) is 3.49. The molecule has 0 aromatic carbocycles. The Balaban J connectivity index is 3.19. The quantitative estimate of drug-likeness (QED) is 0.362. The molecule has 22 heavy (non-hydrogen) atoms. The van der Waals surface area contributed by atoms with Crippen molar-refractivity contribution in [2.24, 2.45) is 5.92 Å². The molecule has 1 aliphatic rings. The molecule has 1 aliphatic carbocycles. The van der Waals surface area contributed by atoms with Crippen LogP contribution in [0.2, 0.25) is 0 Å². The van der Waals surface area contributed by atoms with E-state index in [1.165, 1.54) is 13.1 Å². The third-order valence-electron chi connectivity index (χ3n) is 4.51. The van der Waals surface area contributed by atoms with Gasteiger partial charge in [0, 0.05) is 13.7 Å². The van der Waals surface area contributed by atoms with Crippen molar-refractivity contribution in [2.45, 2.75) is 38.8 Å². The van der Waals surface area contributed by atoms with Crippen LogP contribution in [0.15, 0.2) is 24.2 Å². The van der Waals surface area contributed by atoms with Gasteiger partial charge in [0.05, 0.1) is 12.3 Å². The van der Waals surface area contributed by atoms with Crippen LogP contribution in [0.25, 0.3) is 0 Å². The van der Waals surface area contributed by atoms with Gasteiger partial charge in [0.15, 0.2) is 0 Å². The molecule has 1 fully saturated rings. The first-order valence-corrected chi connectivity index (χ1v) is 7.71. The smallest absolute Gasteiger partial charge is 0.275 e. The monoisotopic (exact) mass is 311 g/mol. The molecule has 0 aliphatic heterocycles. The van der Waals surface area contributed by atoms with Crippen molar-refractivity contribution >= 4 is 5.91 Å². The molecule has 0 bridgehead atoms. The van der Waals surface area contributed by atoms with Crippen LogP contribution in [0.5, 0.6) is 0 Å². The number of allylic oxidation sites excluding steroid dienone is 1. The fourth-order valence-corrected chi connectivity index (χ4v) is 3.29. The molecule has 0 saturated heterocycles. The lowest BCUT2D eigenvalue weighted by molar-refractivity contribution is -0.138. The number of hydrogen-bond donors (Lipinski definition) is 3. The number of nitrogens with one attached hydrogen (secondary N) is 2. The summed E-state index contributed by atoms with van der Waals surface area (Å²) in [4.78, 5) is 14.8. The summed E-state index contributed by atoms with van der Waals surface area (Å²) in [5.41, 5.74) is -0.265. The van der Waals surface area contributed by atoms with Crippen LogP contribution >= 0.6 is 0 Å². The second-order valence-corrected chi connectivity index (χ2v) is 5.73. The molecule has 1 saturated carbocycles. The Morgan fingerprint density at radius 2 is 2.27 bits per heavy atom. The van der Waals surface area contributed by atoms with Crippen LogP contribution in [0.4, 0.5) is 0 Å². The van der Waals surface area contributed by atoms with Crippen molar-refractivity contribution in [3.63, 3.8) is 0 Å². The third kappa shape index (κ3) is 3.62. The van der Waals surface area contributed by atoms with E-state index in [-0.39, 0.29) is 17.4 Å². The van der Waals surface area contributed by atoms with Gasteiger partial charge in [-0.1, -0.05) is 13.5 Å². The average molecular weight is 311 g/mol. The Bertz CT molecular complexity index is 432. The number of nitrogens with zero attached hydrogens (tertiary/aromatic N) is 1. The second kappa shape index (κ2) is 8.19. The van der Waals surface area contributed by atoms with E-state index in [0.29, 0.717) is 19.1 Å². The van der Waals surface area contributed by atoms with Gasteiger partial charge in [-0.15, -0.1) is 0 Å². The van der Waals surface area contributed by atoms with Crippen molar-refractivity contribution in [3.05, 3.63) is 24.2 Å². The fraction of sp³-hybridized carbons (Fsp3) is 0.688. The van der Waals surface area contributed by atoms with Gasteiger partial charge in [-0.2, -0.15) is 0 Å². The van der Waals surface area contributed by atoms with Crippen molar-refractivity contribution in [3.8, 4) is 0 Å². The highest BCUT2D eigenvalue weighted by molar-refractivity contribution is 5.94. The lowest BCUT2D eigenvalue weighted by Gasteiger charge is -2.44. The number of ether oxygens (including phenoxy) is 1. The van der Waals surface area contributed by atoms with Gasteiger partial charge in [0.25, 0.3) is 5.91 Å². The minimum Gasteiger partial charge on any atom is -0.510 e. The van der Waals surface area contributed by atoms with Crippen molar-refractivity contribution in [1.29, 1.82) is 0 Å². The molecule has 3 N–H and O–H groups in total. The summed E-state index contributed by atoms with van der Waals surface area (Å²) in [5, 5.41) is 15.9. The van der Waals surface area contributed by atoms with Gasteiger partial charge < -0.3 is 20.1 Å². The summed E-state index contributed by atoms with van der Waals surface area (Å²) in [5.74, 6) is 0.0200. The Labute approximate surface area is 133 Å². The maximum absolute atomic E-state index is 13.0. The van der Waals surface area contributed by atoms with Gasteiger partial charge in [-0.3, -0.25) is 10.1 Å². The van der Waals surface area contributed by atoms with E-state index in [9.17, 15) is 9.90 Å². The first-order valence-electron chi connectivity index (χ1n) is 7.71. The number of aliphatic hydroxyl groups is 1. The molecule has 1 rings (SSSR count). The van der Waals surface area contributed by atoms with Crippen LogP contribution in [0.1, 0.15) is 33.1 Å². The van der Waals surface area contributed by atoms with Gasteiger partial charge in [0.2, 0.25) is 0 Å². The Hall–Kier alpha value is -1.53. The van der Waals surface area contributed by atoms with Gasteiger partial charge in [-0.25, -0.2) is 0 Å². The summed E-state index contributed by atoms with van der Waals surface area (Å²) < 4.78 is 5.17. The van der Waals surface area contributed by atoms with Gasteiger partial charge in [-0.05, 0) is 45.4 Å². The highest BCUT2D eigenvalue weighted by atomic mass is 16.5. The standard InChI is InChI=1S/C16H29N3O3/c1-6-18-14(13(3)20)15(21)19(10-11-22-5)16(17-4)9-7-8-12(16)2/h6,12,17-18,20H,1,7-11H2,2-5H3/b14-13+. The molecule has 126 valence electrons. The molecular formula is C16H29N3O3. The number of carbonyl (C=O) groups excluding carboxylic acids is 1. The predicted molar refractivity (Wildman–Crippen MR) is 87.1 cm³/mol. The number of hydrogen-bond acceptors (Lipinski definition) is 5. The molecule has 2 atom stereocenters. The van der Waals surface area contributed by atoms with Gasteiger partial charge >= 0.3 is 0 Å². The van der Waals surface area contributed by atoms with Crippen LogP contribution in [-0.4, -0.2) is 48.9 Å². The molecule has 0 aromatic rings. The molecule has 6 heteroatoms. The SMILES string of the molecule is C=CN/C(C(=O)N(CCOC)C1(NC)CCCC1C)=C(\C)O. The molecular weight excluding hydrogens is 282 g/mol. The zero-order valence-electron chi connectivity index (χ0n) is 14.1. The number of carbonyl (C=O) groups is 1. The van der Waals surface area contributed by atoms with Crippen LogP contribution < -0.4 is 10.6 Å². The highest BCUT2D eigenvalue weighted by Gasteiger charge is 2.46. The van der Waals surface area contributed by atoms with Gasteiger partial charge in [0.1, 0.15) is 11.5 Å². The lowest BCUT2D eigenvalue weighted by Crippen LogP contribution is -2.63. The number of aliphatic hydroxyl groups excluding tert-OH is 1. The van der Waals surface area contributed by atoms with E-state index in [0.717, 1.165) is 19.3 Å². The van der Waals surface area contributed by atoms with E-state index in [1.54, 1.807) is 12.0 Å². The largest absolute Gasteiger partial charge is 0.510 e. The molecule has 1 amide bonds. The highest BCUT2D eigenvalue weighted by Crippen LogP contribution is 2.38. The lowest BCUT2D eigenvalue weighted by atomic mass is 9.95. The third-order valence-corrected chi connectivity index (χ3v) is 4.51. The fourth-order valence-electron chi connectivity index (χ4n) is 3.29. The maximum atomic E-state index is 13.0. The first kappa shape index (κ1) is 18.5. The molecule has 2 unspecified atom stereocenters. The first-order chi connectivity index (χ1) is 10.4. The zero-order valence-corrected chi connectivity index (χ0v) is 14.1. The Morgan fingerprint density at radius 1 is 1.59 bits per heavy atom. The average Bonchev–Trinajstić information content (AvgIpc) is 2.86. The number of amides is 1. The Kier molecular flexibility index (Phi) is 6.90. The number of rotatable bonds is 8. The van der Waals surface area contributed by atoms with Crippen LogP contribution in [0.3, 0.4) is 0 Å². The van der Waals surface area contributed by atoms with E-state index in [1.807, 2.05) is 7.05 Å². The van der Waals surface area contributed by atoms with E-state index in [4.69, 9.17) is 4.74 Å². The zero-order chi connectivity index (χ0) is 16.8. The van der Waals surface area contributed by atoms with E-state index < -0.39 is 5.66 Å². The summed E-state index contributed by atoms with van der Waals surface area (Å²) in [6.07, 6.45) is 4.39. The topological polar surface area (TPSA) is 73.8 Å². The summed E-state index contributed by atoms with van der Waals surface area (Å²) >= 11 is 0. The molecule has 6 nitrogen and oxygen atoms in total. The Morgan fingerprint density at radius 3 is 2.68 bits per heavy atom. The van der Waals surface area contributed by atoms with E-state index in [2.05, 4.69) is 24.1 Å². The van der Waals surface area contributed by atoms with Crippen LogP contribution in [-0.2, 0) is 9.53 Å². The van der Waals surface area contributed by atoms with Crippen molar-refractivity contribution < 1.29 is 14.6 Å². The maximum Gasteiger partial charge on any atom is 0.275 e. The number of methoxy groups -OCH3 is 1. The minimum atomic E-state index is -0.417. The molecule has 0 radical (unpaired) electrons. The molecule has 0 spiro atoms. The summed E-state index contributed by atoms with van der Waals surface area (Å²) in [6, 6.07) is 0. The summed E-state index contributed by atoms with van der Waals surface area (Å²) in [6.45, 7) is 8.10. The molecule has 0 aromatic heterocycles.